The molecule has 2 unspecified atom stereocenters. The van der Waals surface area contributed by atoms with Crippen molar-refractivity contribution in [1.29, 1.82) is 0 Å². The Kier molecular flexibility index (Phi) is 11.2. The molecule has 222 valence electrons. The molecule has 0 saturated carbocycles. The van der Waals surface area contributed by atoms with Crippen LogP contribution in [0.3, 0.4) is 0 Å². The third kappa shape index (κ3) is 7.82. The number of aryl methyl sites for hydroxylation is 2. The molecule has 0 heterocycles. The molecule has 0 aliphatic rings. The van der Waals surface area contributed by atoms with Crippen LogP contribution in [0.25, 0.3) is 11.1 Å². The summed E-state index contributed by atoms with van der Waals surface area (Å²) in [6, 6.07) is 29.6. The van der Waals surface area contributed by atoms with Crippen molar-refractivity contribution in [3.8, 4) is 22.6 Å². The van der Waals surface area contributed by atoms with Gasteiger partial charge in [-0.1, -0.05) is 86.0 Å². The lowest BCUT2D eigenvalue weighted by Gasteiger charge is -2.25. The summed E-state index contributed by atoms with van der Waals surface area (Å²) in [6.07, 6.45) is 3.80. The molecule has 0 bridgehead atoms. The van der Waals surface area contributed by atoms with E-state index >= 15 is 0 Å². The lowest BCUT2D eigenvalue weighted by atomic mass is 9.98. The van der Waals surface area contributed by atoms with E-state index < -0.39 is 15.2 Å². The minimum atomic E-state index is -3.80. The average molecular weight is 607 g/mol. The quantitative estimate of drug-likeness (QED) is 0.0992. The third-order valence-corrected chi connectivity index (χ3v) is 10.6. The monoisotopic (exact) mass is 606 g/mol. The zero-order valence-corrected chi connectivity index (χ0v) is 26.6. The SMILES string of the molecule is CCCCCc1cc(OP(=O)(OCC)c2ccccc2)c(-c2cccc(C)c2)c(OP(=O)(OCC)c2ccccc2)c1. The second kappa shape index (κ2) is 14.8. The van der Waals surface area contributed by atoms with E-state index in [1.807, 2.05) is 55.5 Å². The number of rotatable bonds is 15. The van der Waals surface area contributed by atoms with Crippen LogP contribution in [0.15, 0.2) is 97.1 Å². The molecule has 0 aliphatic heterocycles. The van der Waals surface area contributed by atoms with Gasteiger partial charge < -0.3 is 9.05 Å². The molecule has 0 aromatic heterocycles. The van der Waals surface area contributed by atoms with Crippen LogP contribution in [0.2, 0.25) is 0 Å². The van der Waals surface area contributed by atoms with Gasteiger partial charge in [-0.3, -0.25) is 9.05 Å². The van der Waals surface area contributed by atoms with E-state index in [4.69, 9.17) is 18.1 Å². The largest absolute Gasteiger partial charge is 0.420 e. The molecule has 0 N–H and O–H groups in total. The van der Waals surface area contributed by atoms with E-state index in [0.29, 0.717) is 27.7 Å². The molecule has 0 radical (unpaired) electrons. The van der Waals surface area contributed by atoms with E-state index in [2.05, 4.69) is 6.92 Å². The summed E-state index contributed by atoms with van der Waals surface area (Å²) in [5.74, 6) is 0.669. The Balaban J connectivity index is 1.96. The lowest BCUT2D eigenvalue weighted by molar-refractivity contribution is 0.287. The van der Waals surface area contributed by atoms with E-state index in [1.165, 1.54) is 0 Å². The second-order valence-electron chi connectivity index (χ2n) is 9.98. The molecule has 4 rings (SSSR count). The topological polar surface area (TPSA) is 71.1 Å². The number of hydrogen-bond acceptors (Lipinski definition) is 6. The van der Waals surface area contributed by atoms with Gasteiger partial charge in [0.25, 0.3) is 0 Å². The van der Waals surface area contributed by atoms with Crippen LogP contribution in [0.5, 0.6) is 11.5 Å². The molecule has 0 spiro atoms. The van der Waals surface area contributed by atoms with Crippen molar-refractivity contribution in [2.45, 2.75) is 53.4 Å². The highest BCUT2D eigenvalue weighted by Gasteiger charge is 2.34. The standard InChI is InChI=1S/C34H40O6P2/c1-5-8-11-18-28-25-32(39-41(35,37-6-2)30-20-12-9-13-21-30)34(29-19-16-17-27(4)24-29)33(26-28)40-42(36,38-7-3)31-22-14-10-15-23-31/h9-10,12-17,19-26H,5-8,11,18H2,1-4H3. The first-order valence-electron chi connectivity index (χ1n) is 14.6. The fourth-order valence-corrected chi connectivity index (χ4v) is 7.90. The highest BCUT2D eigenvalue weighted by Crippen LogP contribution is 2.55. The third-order valence-electron chi connectivity index (χ3n) is 6.68. The van der Waals surface area contributed by atoms with Crippen molar-refractivity contribution in [2.24, 2.45) is 0 Å². The lowest BCUT2D eigenvalue weighted by Crippen LogP contribution is -2.14. The summed E-state index contributed by atoms with van der Waals surface area (Å²) in [6.45, 7) is 8.11. The first-order chi connectivity index (χ1) is 20.3. The van der Waals surface area contributed by atoms with Crippen molar-refractivity contribution in [2.75, 3.05) is 13.2 Å². The van der Waals surface area contributed by atoms with Crippen molar-refractivity contribution in [3.63, 3.8) is 0 Å². The molecule has 4 aromatic rings. The van der Waals surface area contributed by atoms with Gasteiger partial charge in [-0.15, -0.1) is 0 Å². The normalized spacial score (nSPS) is 14.1. The predicted octanol–water partition coefficient (Wildman–Crippen LogP) is 9.26. The molecule has 0 fully saturated rings. The van der Waals surface area contributed by atoms with Gasteiger partial charge in [0.1, 0.15) is 11.5 Å². The molecule has 42 heavy (non-hydrogen) atoms. The summed E-state index contributed by atoms with van der Waals surface area (Å²) in [5, 5.41) is 0.898. The van der Waals surface area contributed by atoms with Crippen LogP contribution in [-0.2, 0) is 24.6 Å². The van der Waals surface area contributed by atoms with Gasteiger partial charge in [0.2, 0.25) is 0 Å². The fourth-order valence-electron chi connectivity index (χ4n) is 4.72. The van der Waals surface area contributed by atoms with Crippen LogP contribution in [0.1, 0.15) is 51.2 Å². The van der Waals surface area contributed by atoms with Gasteiger partial charge in [-0.2, -0.15) is 0 Å². The Morgan fingerprint density at radius 1 is 0.619 bits per heavy atom. The van der Waals surface area contributed by atoms with Crippen molar-refractivity contribution < 1.29 is 27.2 Å². The van der Waals surface area contributed by atoms with E-state index in [0.717, 1.165) is 42.4 Å². The van der Waals surface area contributed by atoms with Crippen molar-refractivity contribution >= 4 is 25.8 Å². The molecule has 4 aromatic carbocycles. The van der Waals surface area contributed by atoms with E-state index in [9.17, 15) is 9.13 Å². The zero-order chi connectivity index (χ0) is 30.0. The highest BCUT2D eigenvalue weighted by molar-refractivity contribution is 7.63. The minimum absolute atomic E-state index is 0.193. The maximum absolute atomic E-state index is 14.4. The van der Waals surface area contributed by atoms with Gasteiger partial charge in [-0.05, 0) is 81.1 Å². The molecule has 6 nitrogen and oxygen atoms in total. The summed E-state index contributed by atoms with van der Waals surface area (Å²) >= 11 is 0. The second-order valence-corrected chi connectivity index (χ2v) is 13.9. The first kappa shape index (κ1) is 31.8. The van der Waals surface area contributed by atoms with E-state index in [1.54, 1.807) is 62.4 Å². The summed E-state index contributed by atoms with van der Waals surface area (Å²) in [4.78, 5) is 0. The first-order valence-corrected chi connectivity index (χ1v) is 17.6. The molecular weight excluding hydrogens is 566 g/mol. The van der Waals surface area contributed by atoms with Crippen LogP contribution in [-0.4, -0.2) is 13.2 Å². The molecule has 8 heteroatoms. The Labute approximate surface area is 250 Å². The smallest absolute Gasteiger partial charge is 0.410 e. The summed E-state index contributed by atoms with van der Waals surface area (Å²) < 4.78 is 53.3. The number of hydrogen-bond donors (Lipinski definition) is 0. The number of unbranched alkanes of at least 4 members (excludes halogenated alkanes) is 2. The zero-order valence-electron chi connectivity index (χ0n) is 24.8. The fraction of sp³-hybridized carbons (Fsp3) is 0.294. The number of benzene rings is 4. The molecule has 0 amide bonds. The van der Waals surface area contributed by atoms with Gasteiger partial charge in [0.05, 0.1) is 29.4 Å². The van der Waals surface area contributed by atoms with Gasteiger partial charge in [0.15, 0.2) is 0 Å². The van der Waals surface area contributed by atoms with Crippen LogP contribution >= 0.6 is 15.2 Å². The van der Waals surface area contributed by atoms with Gasteiger partial charge in [-0.25, -0.2) is 9.13 Å². The van der Waals surface area contributed by atoms with Gasteiger partial charge in [0, 0.05) is 0 Å². The molecule has 0 aliphatic carbocycles. The Morgan fingerprint density at radius 2 is 1.14 bits per heavy atom. The molecule has 2 atom stereocenters. The summed E-state index contributed by atoms with van der Waals surface area (Å²) in [5.41, 5.74) is 3.23. The molecule has 0 saturated heterocycles. The Hall–Kier alpha value is -3.14. The average Bonchev–Trinajstić information content (AvgIpc) is 2.98. The van der Waals surface area contributed by atoms with Crippen molar-refractivity contribution in [3.05, 3.63) is 108 Å². The van der Waals surface area contributed by atoms with Crippen LogP contribution < -0.4 is 19.7 Å². The predicted molar refractivity (Wildman–Crippen MR) is 172 cm³/mol. The van der Waals surface area contributed by atoms with E-state index in [-0.39, 0.29) is 13.2 Å². The van der Waals surface area contributed by atoms with Crippen LogP contribution in [0, 0.1) is 6.92 Å². The Bertz CT molecular complexity index is 1450. The van der Waals surface area contributed by atoms with Gasteiger partial charge >= 0.3 is 15.2 Å². The maximum Gasteiger partial charge on any atom is 0.410 e. The Morgan fingerprint density at radius 3 is 1.60 bits per heavy atom. The van der Waals surface area contributed by atoms with Crippen LogP contribution in [0.4, 0.5) is 0 Å². The summed E-state index contributed by atoms with van der Waals surface area (Å²) in [7, 11) is -7.60. The molecular formula is C34H40O6P2. The minimum Gasteiger partial charge on any atom is -0.420 e. The van der Waals surface area contributed by atoms with Crippen molar-refractivity contribution in [1.82, 2.24) is 0 Å². The maximum atomic E-state index is 14.4. The highest BCUT2D eigenvalue weighted by atomic mass is 31.2.